The van der Waals surface area contributed by atoms with Crippen molar-refractivity contribution >= 4 is 32.8 Å². The number of para-hydroxylation sites is 1. The first-order chi connectivity index (χ1) is 14.7. The fraction of sp³-hybridized carbons (Fsp3) is 0.0500. The molecule has 0 amide bonds. The molecule has 11 heteroatoms. The van der Waals surface area contributed by atoms with E-state index in [1.54, 1.807) is 30.3 Å². The zero-order valence-corrected chi connectivity index (χ0v) is 17.0. The van der Waals surface area contributed by atoms with Crippen LogP contribution in [0, 0.1) is 10.1 Å². The van der Waals surface area contributed by atoms with Crippen LogP contribution in [-0.2, 0) is 10.0 Å². The fourth-order valence-corrected chi connectivity index (χ4v) is 3.74. The van der Waals surface area contributed by atoms with Crippen LogP contribution in [0.1, 0.15) is 12.5 Å². The van der Waals surface area contributed by atoms with Crippen molar-refractivity contribution < 1.29 is 23.6 Å². The van der Waals surface area contributed by atoms with Crippen molar-refractivity contribution in [2.45, 2.75) is 11.8 Å². The van der Waals surface area contributed by atoms with Crippen LogP contribution in [-0.4, -0.2) is 29.3 Å². The van der Waals surface area contributed by atoms with E-state index < -0.39 is 20.6 Å². The molecule has 0 fully saturated rings. The van der Waals surface area contributed by atoms with Gasteiger partial charge in [-0.25, -0.2) is 8.42 Å². The van der Waals surface area contributed by atoms with Crippen LogP contribution in [0.4, 0.5) is 17.1 Å². The molecule has 0 saturated heterocycles. The van der Waals surface area contributed by atoms with Gasteiger partial charge in [0.25, 0.3) is 15.7 Å². The summed E-state index contributed by atoms with van der Waals surface area (Å²) in [6.45, 7) is 1.52. The number of phenolic OH excluding ortho intramolecular Hbond substituents is 2. The predicted molar refractivity (Wildman–Crippen MR) is 116 cm³/mol. The number of hydrogen-bond acceptors (Lipinski definition) is 8. The highest BCUT2D eigenvalue weighted by Crippen LogP contribution is 2.29. The SMILES string of the molecule is C/C(=N\Nc1ccc(S(=O)(=O)Nc2ccccc2)cc1[N+](=O)[O-])c1cc(O)ccc1O. The standard InChI is InChI=1S/C20H18N4O6S/c1-13(17-11-15(25)7-10-20(17)26)21-22-18-9-8-16(12-19(18)24(27)28)31(29,30)23-14-5-3-2-4-6-14/h2-12,22-23,25-26H,1H3/b21-13+. The molecule has 31 heavy (non-hydrogen) atoms. The van der Waals surface area contributed by atoms with Crippen LogP contribution < -0.4 is 10.1 Å². The molecule has 0 saturated carbocycles. The molecule has 0 heterocycles. The van der Waals surface area contributed by atoms with Gasteiger partial charge in [0.05, 0.1) is 15.5 Å². The summed E-state index contributed by atoms with van der Waals surface area (Å²) in [6, 6.07) is 15.3. The second-order valence-electron chi connectivity index (χ2n) is 6.42. The molecule has 0 bridgehead atoms. The molecule has 0 unspecified atom stereocenters. The van der Waals surface area contributed by atoms with Gasteiger partial charge in [0.2, 0.25) is 0 Å². The molecule has 4 N–H and O–H groups in total. The lowest BCUT2D eigenvalue weighted by atomic mass is 10.1. The number of rotatable bonds is 7. The number of nitro groups is 1. The summed E-state index contributed by atoms with van der Waals surface area (Å²) in [6.07, 6.45) is 0. The number of nitro benzene ring substituents is 1. The molecule has 0 aliphatic heterocycles. The van der Waals surface area contributed by atoms with Crippen molar-refractivity contribution in [2.24, 2.45) is 5.10 Å². The highest BCUT2D eigenvalue weighted by atomic mass is 32.2. The van der Waals surface area contributed by atoms with E-state index in [0.29, 0.717) is 5.69 Å². The summed E-state index contributed by atoms with van der Waals surface area (Å²) >= 11 is 0. The first-order valence-corrected chi connectivity index (χ1v) is 10.3. The van der Waals surface area contributed by atoms with E-state index in [4.69, 9.17) is 0 Å². The number of sulfonamides is 1. The summed E-state index contributed by atoms with van der Waals surface area (Å²) in [5.41, 5.74) is 2.73. The lowest BCUT2D eigenvalue weighted by Crippen LogP contribution is -2.13. The Morgan fingerprint density at radius 1 is 1.03 bits per heavy atom. The molecule has 0 radical (unpaired) electrons. The topological polar surface area (TPSA) is 154 Å². The molecule has 0 aromatic heterocycles. The van der Waals surface area contributed by atoms with Crippen molar-refractivity contribution in [3.05, 3.63) is 82.4 Å². The van der Waals surface area contributed by atoms with Gasteiger partial charge in [-0.1, -0.05) is 18.2 Å². The molecule has 160 valence electrons. The molecule has 0 spiro atoms. The highest BCUT2D eigenvalue weighted by Gasteiger charge is 2.21. The number of aromatic hydroxyl groups is 2. The smallest absolute Gasteiger partial charge is 0.295 e. The minimum Gasteiger partial charge on any atom is -0.508 e. The van der Waals surface area contributed by atoms with E-state index in [1.165, 1.54) is 37.3 Å². The number of nitrogens with zero attached hydrogens (tertiary/aromatic N) is 2. The Kier molecular flexibility index (Phi) is 6.07. The Morgan fingerprint density at radius 2 is 1.74 bits per heavy atom. The molecule has 3 aromatic rings. The molecule has 0 aliphatic carbocycles. The van der Waals surface area contributed by atoms with Crippen molar-refractivity contribution in [2.75, 3.05) is 10.1 Å². The molecule has 0 aliphatic rings. The largest absolute Gasteiger partial charge is 0.508 e. The summed E-state index contributed by atoms with van der Waals surface area (Å²) in [5, 5.41) is 34.9. The summed E-state index contributed by atoms with van der Waals surface area (Å²) in [7, 11) is -4.05. The predicted octanol–water partition coefficient (Wildman–Crippen LogP) is 3.64. The maximum absolute atomic E-state index is 12.6. The van der Waals surface area contributed by atoms with Crippen molar-refractivity contribution in [3.8, 4) is 11.5 Å². The number of phenols is 2. The fourth-order valence-electron chi connectivity index (χ4n) is 2.66. The van der Waals surface area contributed by atoms with E-state index in [0.717, 1.165) is 6.07 Å². The third-order valence-electron chi connectivity index (χ3n) is 4.22. The van der Waals surface area contributed by atoms with Gasteiger partial charge >= 0.3 is 0 Å². The summed E-state index contributed by atoms with van der Waals surface area (Å²) in [5.74, 6) is -0.224. The molecule has 3 rings (SSSR count). The van der Waals surface area contributed by atoms with Gasteiger partial charge in [-0.3, -0.25) is 20.3 Å². The minimum atomic E-state index is -4.05. The third kappa shape index (κ3) is 5.08. The maximum atomic E-state index is 12.6. The average Bonchev–Trinajstić information content (AvgIpc) is 2.74. The monoisotopic (exact) mass is 442 g/mol. The maximum Gasteiger partial charge on any atom is 0.295 e. The molecule has 10 nitrogen and oxygen atoms in total. The Hall–Kier alpha value is -4.12. The van der Waals surface area contributed by atoms with Crippen molar-refractivity contribution in [1.82, 2.24) is 0 Å². The van der Waals surface area contributed by atoms with Gasteiger partial charge in [-0.2, -0.15) is 5.10 Å². The second kappa shape index (κ2) is 8.71. The van der Waals surface area contributed by atoms with Gasteiger partial charge in [-0.15, -0.1) is 0 Å². The zero-order valence-electron chi connectivity index (χ0n) is 16.2. The summed E-state index contributed by atoms with van der Waals surface area (Å²) < 4.78 is 27.5. The van der Waals surface area contributed by atoms with Crippen LogP contribution in [0.2, 0.25) is 0 Å². The van der Waals surface area contributed by atoms with Crippen LogP contribution >= 0.6 is 0 Å². The van der Waals surface area contributed by atoms with Gasteiger partial charge in [0.15, 0.2) is 0 Å². The molecule has 3 aromatic carbocycles. The Labute approximate surface area is 177 Å². The quantitative estimate of drug-likeness (QED) is 0.188. The summed E-state index contributed by atoms with van der Waals surface area (Å²) in [4.78, 5) is 10.5. The first kappa shape index (κ1) is 21.6. The lowest BCUT2D eigenvalue weighted by Gasteiger charge is -2.10. The van der Waals surface area contributed by atoms with Gasteiger partial charge in [0.1, 0.15) is 17.2 Å². The normalized spacial score (nSPS) is 11.7. The van der Waals surface area contributed by atoms with E-state index in [2.05, 4.69) is 15.2 Å². The molecule has 0 atom stereocenters. The van der Waals surface area contributed by atoms with E-state index in [9.17, 15) is 28.7 Å². The van der Waals surface area contributed by atoms with Crippen molar-refractivity contribution in [1.29, 1.82) is 0 Å². The zero-order chi connectivity index (χ0) is 22.6. The first-order valence-electron chi connectivity index (χ1n) is 8.86. The Morgan fingerprint density at radius 3 is 2.42 bits per heavy atom. The molecular formula is C20H18N4O6S. The van der Waals surface area contributed by atoms with Crippen LogP contribution in [0.5, 0.6) is 11.5 Å². The van der Waals surface area contributed by atoms with Gasteiger partial charge in [-0.05, 0) is 49.4 Å². The third-order valence-corrected chi connectivity index (χ3v) is 5.60. The minimum absolute atomic E-state index is 0.0531. The van der Waals surface area contributed by atoms with Crippen LogP contribution in [0.25, 0.3) is 0 Å². The van der Waals surface area contributed by atoms with Crippen LogP contribution in [0.3, 0.4) is 0 Å². The lowest BCUT2D eigenvalue weighted by molar-refractivity contribution is -0.384. The number of hydrazone groups is 1. The average molecular weight is 442 g/mol. The van der Waals surface area contributed by atoms with Crippen LogP contribution in [0.15, 0.2) is 76.7 Å². The number of benzene rings is 3. The van der Waals surface area contributed by atoms with E-state index in [1.807, 2.05) is 0 Å². The van der Waals surface area contributed by atoms with Crippen molar-refractivity contribution in [3.63, 3.8) is 0 Å². The van der Waals surface area contributed by atoms with Gasteiger partial charge in [0, 0.05) is 17.3 Å². The van der Waals surface area contributed by atoms with E-state index >= 15 is 0 Å². The number of nitrogens with one attached hydrogen (secondary N) is 2. The number of hydrogen-bond donors (Lipinski definition) is 4. The molecular weight excluding hydrogens is 424 g/mol. The second-order valence-corrected chi connectivity index (χ2v) is 8.10. The highest BCUT2D eigenvalue weighted by molar-refractivity contribution is 7.92. The number of anilines is 2. The van der Waals surface area contributed by atoms with Gasteiger partial charge < -0.3 is 10.2 Å². The van der Waals surface area contributed by atoms with E-state index in [-0.39, 0.29) is 33.4 Å². The Bertz CT molecular complexity index is 1260. The Balaban J connectivity index is 1.90.